The summed E-state index contributed by atoms with van der Waals surface area (Å²) in [4.78, 5) is 25.5. The highest BCUT2D eigenvalue weighted by Gasteiger charge is 2.45. The minimum absolute atomic E-state index is 0.0246. The van der Waals surface area contributed by atoms with Crippen molar-refractivity contribution in [3.8, 4) is 6.07 Å². The van der Waals surface area contributed by atoms with Crippen LogP contribution in [-0.4, -0.2) is 60.0 Å². The Morgan fingerprint density at radius 3 is 2.52 bits per heavy atom. The fraction of sp³-hybridized carbons (Fsp3) is 0.609. The van der Waals surface area contributed by atoms with Gasteiger partial charge in [-0.25, -0.2) is 8.42 Å². The van der Waals surface area contributed by atoms with Crippen LogP contribution in [0.5, 0.6) is 0 Å². The maximum Gasteiger partial charge on any atom is 0.325 e. The van der Waals surface area contributed by atoms with E-state index in [0.717, 1.165) is 34.7 Å². The summed E-state index contributed by atoms with van der Waals surface area (Å²) in [7, 11) is -4.07. The molecule has 1 aromatic carbocycles. The first kappa shape index (κ1) is 25.1. The molecular formula is C23H31N3O6S. The van der Waals surface area contributed by atoms with Crippen LogP contribution < -0.4 is 5.32 Å². The van der Waals surface area contributed by atoms with E-state index in [9.17, 15) is 28.4 Å². The number of carbonyl (C=O) groups excluding carboxylic acids is 2. The van der Waals surface area contributed by atoms with Crippen LogP contribution in [0.4, 0.5) is 0 Å². The van der Waals surface area contributed by atoms with Gasteiger partial charge in [0.2, 0.25) is 10.0 Å². The van der Waals surface area contributed by atoms with Gasteiger partial charge in [-0.3, -0.25) is 9.59 Å². The number of benzene rings is 1. The Morgan fingerprint density at radius 2 is 1.91 bits per heavy atom. The molecule has 10 heteroatoms. The second-order valence-corrected chi connectivity index (χ2v) is 10.9. The van der Waals surface area contributed by atoms with Crippen molar-refractivity contribution >= 4 is 21.9 Å². The van der Waals surface area contributed by atoms with E-state index in [1.807, 2.05) is 6.92 Å². The van der Waals surface area contributed by atoms with Gasteiger partial charge in [-0.2, -0.15) is 9.57 Å². The molecule has 1 aliphatic carbocycles. The number of amides is 1. The van der Waals surface area contributed by atoms with Crippen LogP contribution >= 0.6 is 0 Å². The molecule has 1 saturated heterocycles. The molecule has 1 saturated carbocycles. The molecule has 3 atom stereocenters. The number of sulfonamides is 1. The van der Waals surface area contributed by atoms with Gasteiger partial charge in [0.1, 0.15) is 11.6 Å². The Bertz CT molecular complexity index is 1060. The normalized spacial score (nSPS) is 24.0. The maximum atomic E-state index is 13.2. The lowest BCUT2D eigenvalue weighted by atomic mass is 9.83. The number of ether oxygens (including phenoxy) is 1. The molecule has 2 N–H and O–H groups in total. The van der Waals surface area contributed by atoms with Crippen molar-refractivity contribution in [1.29, 1.82) is 5.26 Å². The number of nitriles is 1. The molecule has 0 bridgehead atoms. The Hall–Kier alpha value is -2.48. The lowest BCUT2D eigenvalue weighted by molar-refractivity contribution is -0.158. The van der Waals surface area contributed by atoms with Crippen LogP contribution in [-0.2, 0) is 24.3 Å². The van der Waals surface area contributed by atoms with Crippen LogP contribution in [0.15, 0.2) is 23.1 Å². The van der Waals surface area contributed by atoms with Crippen molar-refractivity contribution in [2.75, 3.05) is 6.54 Å². The monoisotopic (exact) mass is 477 g/mol. The van der Waals surface area contributed by atoms with Crippen molar-refractivity contribution in [1.82, 2.24) is 9.62 Å². The Kier molecular flexibility index (Phi) is 7.46. The van der Waals surface area contributed by atoms with E-state index in [2.05, 4.69) is 11.4 Å². The summed E-state index contributed by atoms with van der Waals surface area (Å²) in [5.41, 5.74) is 0.742. The zero-order chi connectivity index (χ0) is 24.4. The summed E-state index contributed by atoms with van der Waals surface area (Å²) in [6, 6.07) is 5.61. The first-order valence-electron chi connectivity index (χ1n) is 11.2. The highest BCUT2D eigenvalue weighted by molar-refractivity contribution is 7.89. The maximum absolute atomic E-state index is 13.2. The largest absolute Gasteiger partial charge is 0.451 e. The highest BCUT2D eigenvalue weighted by Crippen LogP contribution is 2.30. The van der Waals surface area contributed by atoms with Gasteiger partial charge in [-0.1, -0.05) is 25.3 Å². The van der Waals surface area contributed by atoms with E-state index < -0.39 is 45.7 Å². The van der Waals surface area contributed by atoms with Crippen LogP contribution in [0.3, 0.4) is 0 Å². The van der Waals surface area contributed by atoms with Crippen LogP contribution in [0.25, 0.3) is 0 Å². The molecular weight excluding hydrogens is 446 g/mol. The van der Waals surface area contributed by atoms with Crippen molar-refractivity contribution in [3.05, 3.63) is 29.3 Å². The summed E-state index contributed by atoms with van der Waals surface area (Å²) in [5.74, 6) is -1.51. The smallest absolute Gasteiger partial charge is 0.325 e. The zero-order valence-electron chi connectivity index (χ0n) is 19.2. The summed E-state index contributed by atoms with van der Waals surface area (Å²) in [6.45, 7) is 4.79. The number of hydrogen-bond acceptors (Lipinski definition) is 7. The average molecular weight is 478 g/mol. The van der Waals surface area contributed by atoms with Gasteiger partial charge in [0.05, 0.1) is 17.1 Å². The van der Waals surface area contributed by atoms with Gasteiger partial charge in [-0.05, 0) is 56.9 Å². The second-order valence-electron chi connectivity index (χ2n) is 9.05. The summed E-state index contributed by atoms with van der Waals surface area (Å²) in [6.07, 6.45) is 1.35. The minimum atomic E-state index is -4.07. The van der Waals surface area contributed by atoms with Crippen molar-refractivity contribution < 1.29 is 27.9 Å². The van der Waals surface area contributed by atoms with Gasteiger partial charge in [0.25, 0.3) is 5.91 Å². The minimum Gasteiger partial charge on any atom is -0.451 e. The number of rotatable bonds is 6. The molecule has 2 unspecified atom stereocenters. The van der Waals surface area contributed by atoms with Crippen LogP contribution in [0.2, 0.25) is 0 Å². The standard InChI is InChI=1S/C23H31N3O6S/c1-15-7-8-19(11-16(15)2)33(30,31)26-13-18(27)12-20(26)22(29)32-17(3)21(28)25-23(14-24)9-5-4-6-10-23/h7-8,11,17-18,20,27H,4-6,9-10,12-13H2,1-3H3,(H,25,28)/t17?,18?,20-/m0/s1. The number of nitrogens with one attached hydrogen (secondary N) is 1. The molecule has 0 radical (unpaired) electrons. The predicted molar refractivity (Wildman–Crippen MR) is 119 cm³/mol. The average Bonchev–Trinajstić information content (AvgIpc) is 3.19. The second kappa shape index (κ2) is 9.79. The number of hydrogen-bond donors (Lipinski definition) is 2. The van der Waals surface area contributed by atoms with Gasteiger partial charge < -0.3 is 15.2 Å². The van der Waals surface area contributed by atoms with E-state index in [4.69, 9.17) is 4.74 Å². The lowest BCUT2D eigenvalue weighted by Crippen LogP contribution is -2.52. The van der Waals surface area contributed by atoms with E-state index >= 15 is 0 Å². The van der Waals surface area contributed by atoms with Gasteiger partial charge >= 0.3 is 5.97 Å². The third kappa shape index (κ3) is 5.37. The van der Waals surface area contributed by atoms with E-state index in [1.54, 1.807) is 13.0 Å². The molecule has 2 aliphatic rings. The third-order valence-electron chi connectivity index (χ3n) is 6.54. The van der Waals surface area contributed by atoms with Gasteiger partial charge in [0, 0.05) is 13.0 Å². The number of aliphatic hydroxyl groups is 1. The number of aliphatic hydroxyl groups excluding tert-OH is 1. The number of nitrogens with zero attached hydrogens (tertiary/aromatic N) is 2. The lowest BCUT2D eigenvalue weighted by Gasteiger charge is -2.32. The number of esters is 1. The first-order valence-corrected chi connectivity index (χ1v) is 12.6. The first-order chi connectivity index (χ1) is 15.5. The molecule has 33 heavy (non-hydrogen) atoms. The van der Waals surface area contributed by atoms with Crippen LogP contribution in [0.1, 0.15) is 56.6 Å². The molecule has 0 spiro atoms. The Morgan fingerprint density at radius 1 is 1.24 bits per heavy atom. The Balaban J connectivity index is 1.73. The molecule has 1 heterocycles. The fourth-order valence-corrected chi connectivity index (χ4v) is 6.05. The quantitative estimate of drug-likeness (QED) is 0.595. The van der Waals surface area contributed by atoms with Crippen LogP contribution in [0, 0.1) is 25.2 Å². The van der Waals surface area contributed by atoms with Gasteiger partial charge in [-0.15, -0.1) is 0 Å². The van der Waals surface area contributed by atoms with E-state index in [0.29, 0.717) is 12.8 Å². The molecule has 0 aromatic heterocycles. The van der Waals surface area contributed by atoms with Crippen molar-refractivity contribution in [2.24, 2.45) is 0 Å². The zero-order valence-corrected chi connectivity index (χ0v) is 20.0. The van der Waals surface area contributed by atoms with Gasteiger partial charge in [0.15, 0.2) is 6.10 Å². The predicted octanol–water partition coefficient (Wildman–Crippen LogP) is 1.70. The third-order valence-corrected chi connectivity index (χ3v) is 8.41. The Labute approximate surface area is 194 Å². The molecule has 1 aromatic rings. The molecule has 1 aliphatic heterocycles. The summed E-state index contributed by atoms with van der Waals surface area (Å²) >= 11 is 0. The fourth-order valence-electron chi connectivity index (χ4n) is 4.34. The number of carbonyl (C=O) groups is 2. The molecule has 1 amide bonds. The van der Waals surface area contributed by atoms with E-state index in [1.165, 1.54) is 19.1 Å². The van der Waals surface area contributed by atoms with Crippen molar-refractivity contribution in [2.45, 2.75) is 88.0 Å². The molecule has 2 fully saturated rings. The highest BCUT2D eigenvalue weighted by atomic mass is 32.2. The molecule has 180 valence electrons. The molecule has 9 nitrogen and oxygen atoms in total. The number of β-amino-alcohol motifs (C(OH)–C–C–N with tert-alkyl or cyclic N) is 1. The topological polar surface area (TPSA) is 137 Å². The summed E-state index contributed by atoms with van der Waals surface area (Å²) in [5, 5.41) is 22.4. The molecule has 3 rings (SSSR count). The SMILES string of the molecule is Cc1ccc(S(=O)(=O)N2CC(O)C[C@H]2C(=O)OC(C)C(=O)NC2(C#N)CCCCC2)cc1C. The van der Waals surface area contributed by atoms with Crippen molar-refractivity contribution in [3.63, 3.8) is 0 Å². The summed E-state index contributed by atoms with van der Waals surface area (Å²) < 4.78 is 32.7. The van der Waals surface area contributed by atoms with E-state index in [-0.39, 0.29) is 17.9 Å². The number of aryl methyl sites for hydroxylation is 2.